The number of benzene rings is 7. The van der Waals surface area contributed by atoms with Crippen LogP contribution in [0.1, 0.15) is 11.1 Å². The molecular formula is C59H40IrN3. The maximum absolute atomic E-state index is 4.69. The van der Waals surface area contributed by atoms with Gasteiger partial charge >= 0.3 is 20.1 Å². The van der Waals surface area contributed by atoms with E-state index in [1.807, 2.05) is 61.1 Å². The molecule has 0 radical (unpaired) electrons. The summed E-state index contributed by atoms with van der Waals surface area (Å²) in [6.07, 6.45) is 7.25. The largest absolute Gasteiger partial charge is 3.00 e. The molecule has 0 spiro atoms. The van der Waals surface area contributed by atoms with Crippen LogP contribution in [0.3, 0.4) is 0 Å². The molecule has 0 N–H and O–H groups in total. The summed E-state index contributed by atoms with van der Waals surface area (Å²) < 4.78 is 0. The second kappa shape index (κ2) is 19.1. The Morgan fingerprint density at radius 1 is 0.302 bits per heavy atom. The Hall–Kier alpha value is -7.36. The molecule has 0 saturated carbocycles. The minimum Gasteiger partial charge on any atom is -0.305 e. The van der Waals surface area contributed by atoms with Gasteiger partial charge in [-0.1, -0.05) is 150 Å². The van der Waals surface area contributed by atoms with Crippen molar-refractivity contribution in [3.05, 3.63) is 248 Å². The first-order valence-corrected chi connectivity index (χ1v) is 20.9. The molecule has 0 aliphatic carbocycles. The van der Waals surface area contributed by atoms with Crippen molar-refractivity contribution in [2.75, 3.05) is 0 Å². The molecule has 0 fully saturated rings. The van der Waals surface area contributed by atoms with Crippen molar-refractivity contribution in [2.45, 2.75) is 12.8 Å². The van der Waals surface area contributed by atoms with Gasteiger partial charge in [-0.05, 0) is 86.7 Å². The van der Waals surface area contributed by atoms with Gasteiger partial charge in [0.15, 0.2) is 0 Å². The molecule has 0 aliphatic rings. The summed E-state index contributed by atoms with van der Waals surface area (Å²) in [6.45, 7) is 0. The molecule has 300 valence electrons. The normalized spacial score (nSPS) is 10.9. The molecule has 0 amide bonds. The molecule has 10 rings (SSSR count). The minimum absolute atomic E-state index is 0. The average Bonchev–Trinajstić information content (AvgIpc) is 3.37. The van der Waals surface area contributed by atoms with Crippen LogP contribution in [0.2, 0.25) is 0 Å². The molecule has 0 atom stereocenters. The zero-order valence-corrected chi connectivity index (χ0v) is 36.8. The summed E-state index contributed by atoms with van der Waals surface area (Å²) in [5.41, 5.74) is 19.7. The first-order valence-electron chi connectivity index (χ1n) is 20.9. The van der Waals surface area contributed by atoms with E-state index < -0.39 is 0 Å². The third kappa shape index (κ3) is 9.29. The molecule has 3 aromatic heterocycles. The second-order valence-electron chi connectivity index (χ2n) is 15.3. The van der Waals surface area contributed by atoms with Gasteiger partial charge in [0, 0.05) is 18.6 Å². The molecule has 10 aromatic rings. The van der Waals surface area contributed by atoms with E-state index in [4.69, 9.17) is 0 Å². The van der Waals surface area contributed by atoms with Gasteiger partial charge in [0.25, 0.3) is 0 Å². The molecule has 4 heteroatoms. The third-order valence-corrected chi connectivity index (χ3v) is 11.3. The smallest absolute Gasteiger partial charge is 0.305 e. The van der Waals surface area contributed by atoms with Gasteiger partial charge in [0.05, 0.1) is 0 Å². The summed E-state index contributed by atoms with van der Waals surface area (Å²) >= 11 is 0. The van der Waals surface area contributed by atoms with Gasteiger partial charge in [-0.25, -0.2) is 0 Å². The van der Waals surface area contributed by atoms with Crippen molar-refractivity contribution >= 4 is 0 Å². The van der Waals surface area contributed by atoms with Crippen molar-refractivity contribution in [2.24, 2.45) is 0 Å². The zero-order valence-electron chi connectivity index (χ0n) is 34.4. The zero-order chi connectivity index (χ0) is 41.5. The van der Waals surface area contributed by atoms with Gasteiger partial charge in [-0.2, -0.15) is 0 Å². The Morgan fingerprint density at radius 3 is 1.29 bits per heavy atom. The van der Waals surface area contributed by atoms with Crippen molar-refractivity contribution < 1.29 is 20.1 Å². The van der Waals surface area contributed by atoms with Crippen LogP contribution in [0.25, 0.3) is 89.4 Å². The summed E-state index contributed by atoms with van der Waals surface area (Å²) in [5.74, 6) is 0. The predicted octanol–water partition coefficient (Wildman–Crippen LogP) is 14.4. The van der Waals surface area contributed by atoms with Crippen LogP contribution < -0.4 is 0 Å². The van der Waals surface area contributed by atoms with Crippen LogP contribution in [-0.2, 0) is 32.9 Å². The quantitative estimate of drug-likeness (QED) is 0.121. The maximum Gasteiger partial charge on any atom is 3.00 e. The second-order valence-corrected chi connectivity index (χ2v) is 15.3. The first kappa shape index (κ1) is 41.0. The fourth-order valence-electron chi connectivity index (χ4n) is 8.12. The Balaban J connectivity index is 0.00000504. The SMILES string of the molecule is [Ir+3].[c-]1cc(-c2ccccc2-c2cc(CCc3c[c-]c(-c4cc(-c5ccccc5)ccn4)cc3)cc(-c3ccccc3-c3c[c-]c(-c4ccccn4)cc3)c2)ccc1-c1ccccn1. The summed E-state index contributed by atoms with van der Waals surface area (Å²) in [5, 5.41) is 0. The van der Waals surface area contributed by atoms with E-state index in [1.165, 1.54) is 38.9 Å². The van der Waals surface area contributed by atoms with Crippen LogP contribution >= 0.6 is 0 Å². The standard InChI is InChI=1S/C59H40N3.Ir/c1-2-12-44(13-3-1)50-34-37-62-59(41-50)49-24-22-42(23-25-49)20-21-43-38-51(55-16-6-4-14-53(55)45-26-30-47(31-27-45)57-18-8-10-35-60-57)40-52(39-43)56-17-7-5-15-54(56)46-28-32-48(33-29-46)58-19-9-11-36-61-58;/h1-19,22-24,26-30,32,34-41H,20-21H2;/q-3;+3. The molecule has 0 bridgehead atoms. The number of rotatable bonds is 11. The van der Waals surface area contributed by atoms with Crippen LogP contribution in [-0.4, -0.2) is 15.0 Å². The van der Waals surface area contributed by atoms with E-state index in [0.29, 0.717) is 0 Å². The Morgan fingerprint density at radius 2 is 0.778 bits per heavy atom. The van der Waals surface area contributed by atoms with Crippen molar-refractivity contribution in [3.63, 3.8) is 0 Å². The maximum atomic E-state index is 4.69. The van der Waals surface area contributed by atoms with E-state index in [2.05, 4.69) is 191 Å². The minimum atomic E-state index is 0. The molecule has 0 unspecified atom stereocenters. The molecular weight excluding hydrogens is 943 g/mol. The number of pyridine rings is 3. The summed E-state index contributed by atoms with van der Waals surface area (Å²) in [6, 6.07) is 80.8. The third-order valence-electron chi connectivity index (χ3n) is 11.3. The Bertz CT molecular complexity index is 2930. The summed E-state index contributed by atoms with van der Waals surface area (Å²) in [4.78, 5) is 13.8. The monoisotopic (exact) mass is 983 g/mol. The molecule has 63 heavy (non-hydrogen) atoms. The van der Waals surface area contributed by atoms with Crippen molar-refractivity contribution in [1.29, 1.82) is 0 Å². The van der Waals surface area contributed by atoms with E-state index in [9.17, 15) is 0 Å². The Labute approximate surface area is 383 Å². The average molecular weight is 983 g/mol. The number of nitrogens with zero attached hydrogens (tertiary/aromatic N) is 3. The van der Waals surface area contributed by atoms with Gasteiger partial charge < -0.3 is 15.0 Å². The number of hydrogen-bond donors (Lipinski definition) is 0. The van der Waals surface area contributed by atoms with Crippen LogP contribution in [0.4, 0.5) is 0 Å². The summed E-state index contributed by atoms with van der Waals surface area (Å²) in [7, 11) is 0. The first-order chi connectivity index (χ1) is 30.7. The van der Waals surface area contributed by atoms with E-state index in [-0.39, 0.29) is 20.1 Å². The molecule has 3 heterocycles. The molecule has 0 aliphatic heterocycles. The van der Waals surface area contributed by atoms with Gasteiger partial charge in [-0.3, -0.25) is 0 Å². The number of hydrogen-bond acceptors (Lipinski definition) is 3. The van der Waals surface area contributed by atoms with Gasteiger partial charge in [0.1, 0.15) is 0 Å². The van der Waals surface area contributed by atoms with E-state index in [1.54, 1.807) is 0 Å². The number of aromatic nitrogens is 3. The fourth-order valence-corrected chi connectivity index (χ4v) is 8.12. The van der Waals surface area contributed by atoms with Crippen LogP contribution in [0.15, 0.2) is 219 Å². The van der Waals surface area contributed by atoms with Crippen molar-refractivity contribution in [1.82, 2.24) is 15.0 Å². The van der Waals surface area contributed by atoms with Crippen molar-refractivity contribution in [3.8, 4) is 89.4 Å². The number of aryl methyl sites for hydroxylation is 2. The topological polar surface area (TPSA) is 38.7 Å². The molecule has 0 saturated heterocycles. The van der Waals surface area contributed by atoms with Crippen LogP contribution in [0, 0.1) is 18.2 Å². The predicted molar refractivity (Wildman–Crippen MR) is 254 cm³/mol. The van der Waals surface area contributed by atoms with Crippen LogP contribution in [0.5, 0.6) is 0 Å². The van der Waals surface area contributed by atoms with E-state index >= 15 is 0 Å². The van der Waals surface area contributed by atoms with Gasteiger partial charge in [0.2, 0.25) is 0 Å². The Kier molecular flexibility index (Phi) is 12.5. The molecule has 3 nitrogen and oxygen atoms in total. The fraction of sp³-hybridized carbons (Fsp3) is 0.0339. The van der Waals surface area contributed by atoms with Gasteiger partial charge in [-0.15, -0.1) is 95.1 Å². The van der Waals surface area contributed by atoms with E-state index in [0.717, 1.165) is 74.4 Å². The molecule has 7 aromatic carbocycles.